The smallest absolute Gasteiger partial charge is 0.310 e. The number of carbonyl (C=O) groups excluding carboxylic acids is 1. The Labute approximate surface area is 164 Å². The van der Waals surface area contributed by atoms with E-state index in [0.29, 0.717) is 10.7 Å². The largest absolute Gasteiger partial charge is 0.356 e. The van der Waals surface area contributed by atoms with Crippen molar-refractivity contribution in [1.29, 1.82) is 0 Å². The minimum atomic E-state index is -3.92. The predicted octanol–water partition coefficient (Wildman–Crippen LogP) is 5.64. The number of halogens is 5. The number of hydrogen-bond donors (Lipinski definition) is 1. The number of anilines is 1. The van der Waals surface area contributed by atoms with Crippen LogP contribution in [0.15, 0.2) is 18.2 Å². The zero-order chi connectivity index (χ0) is 18.7. The van der Waals surface area contributed by atoms with E-state index < -0.39 is 23.2 Å². The van der Waals surface area contributed by atoms with Gasteiger partial charge in [-0.2, -0.15) is 0 Å². The van der Waals surface area contributed by atoms with Crippen LogP contribution < -0.4 is 5.32 Å². The normalized spacial score (nSPS) is 13.5. The van der Waals surface area contributed by atoms with Crippen LogP contribution in [-0.2, 0) is 13.6 Å². The summed E-state index contributed by atoms with van der Waals surface area (Å²) in [6.45, 7) is 0. The fraction of sp³-hybridized carbons (Fsp3) is 0.417. The maximum absolute atomic E-state index is 12.6. The first kappa shape index (κ1) is 22.1. The molecule has 6 nitrogen and oxygen atoms in total. The molecule has 2 amide bonds. The first-order valence-corrected chi connectivity index (χ1v) is 9.73. The monoisotopic (exact) mass is 456 g/mol. The van der Waals surface area contributed by atoms with Gasteiger partial charge in [-0.3, -0.25) is 4.57 Å². The molecule has 136 valence electrons. The predicted molar refractivity (Wildman–Crippen MR) is 98.9 cm³/mol. The Balaban J connectivity index is 3.10. The summed E-state index contributed by atoms with van der Waals surface area (Å²) in [4.78, 5) is 13.3. The van der Waals surface area contributed by atoms with E-state index in [1.165, 1.54) is 25.2 Å². The van der Waals surface area contributed by atoms with Crippen LogP contribution in [0.4, 0.5) is 10.5 Å². The molecular formula is C12H14Cl5N2O4P. The fourth-order valence-electron chi connectivity index (χ4n) is 1.78. The number of carbonyl (C=O) groups is 1. The first-order chi connectivity index (χ1) is 11.0. The van der Waals surface area contributed by atoms with E-state index in [4.69, 9.17) is 67.1 Å². The van der Waals surface area contributed by atoms with Crippen molar-refractivity contribution in [2.45, 2.75) is 9.58 Å². The molecule has 0 bridgehead atoms. The van der Waals surface area contributed by atoms with Crippen LogP contribution >= 0.6 is 65.6 Å². The standard InChI is InChI=1S/C12H14Cl5N2O4P/c1-19(10(12(15,16)17)24(21,22-2)23-3)11(20)18-7-4-5-8(13)9(14)6-7/h4-6,10H,1-3H3,(H,18,20). The highest BCUT2D eigenvalue weighted by atomic mass is 35.6. The number of benzene rings is 1. The Morgan fingerprint density at radius 1 is 1.21 bits per heavy atom. The molecule has 0 saturated carbocycles. The van der Waals surface area contributed by atoms with Crippen molar-refractivity contribution in [3.8, 4) is 0 Å². The number of alkyl halides is 3. The zero-order valence-electron chi connectivity index (χ0n) is 12.7. The molecule has 0 heterocycles. The molecule has 0 aromatic heterocycles. The van der Waals surface area contributed by atoms with Crippen molar-refractivity contribution < 1.29 is 18.4 Å². The van der Waals surface area contributed by atoms with Gasteiger partial charge in [0.1, 0.15) is 0 Å². The molecule has 0 radical (unpaired) electrons. The van der Waals surface area contributed by atoms with Crippen molar-refractivity contribution in [3.05, 3.63) is 28.2 Å². The minimum absolute atomic E-state index is 0.245. The van der Waals surface area contributed by atoms with E-state index in [0.717, 1.165) is 19.1 Å². The molecule has 12 heteroatoms. The number of amides is 2. The van der Waals surface area contributed by atoms with E-state index in [-0.39, 0.29) is 5.02 Å². The second-order valence-corrected chi connectivity index (χ2v) is 9.97. The second-order valence-electron chi connectivity index (χ2n) is 4.49. The van der Waals surface area contributed by atoms with Crippen LogP contribution in [0.2, 0.25) is 10.0 Å². The van der Waals surface area contributed by atoms with Gasteiger partial charge in [-0.05, 0) is 18.2 Å². The molecule has 1 N–H and O–H groups in total. The third-order valence-corrected chi connectivity index (χ3v) is 7.13. The minimum Gasteiger partial charge on any atom is -0.310 e. The molecule has 0 aliphatic rings. The zero-order valence-corrected chi connectivity index (χ0v) is 17.4. The van der Waals surface area contributed by atoms with Gasteiger partial charge in [0.15, 0.2) is 5.78 Å². The molecule has 0 aliphatic heterocycles. The highest BCUT2D eigenvalue weighted by Crippen LogP contribution is 2.60. The lowest BCUT2D eigenvalue weighted by Gasteiger charge is -2.36. The molecule has 0 fully saturated rings. The molecule has 1 rings (SSSR count). The Morgan fingerprint density at radius 3 is 2.17 bits per heavy atom. The molecule has 0 saturated heterocycles. The third kappa shape index (κ3) is 5.29. The van der Waals surface area contributed by atoms with Crippen LogP contribution in [0, 0.1) is 0 Å². The van der Waals surface area contributed by atoms with Crippen molar-refractivity contribution >= 4 is 77.3 Å². The number of nitrogens with zero attached hydrogens (tertiary/aromatic N) is 1. The van der Waals surface area contributed by atoms with Crippen LogP contribution in [-0.4, -0.2) is 41.8 Å². The summed E-state index contributed by atoms with van der Waals surface area (Å²) in [5.41, 5.74) is 0.342. The maximum Gasteiger partial charge on any atom is 0.356 e. The van der Waals surface area contributed by atoms with Crippen LogP contribution in [0.25, 0.3) is 0 Å². The molecule has 0 aliphatic carbocycles. The van der Waals surface area contributed by atoms with Crippen molar-refractivity contribution in [3.63, 3.8) is 0 Å². The number of rotatable bonds is 5. The SMILES string of the molecule is COP(=O)(OC)C(N(C)C(=O)Nc1ccc(Cl)c(Cl)c1)C(Cl)(Cl)Cl. The van der Waals surface area contributed by atoms with Gasteiger partial charge in [-0.15, -0.1) is 0 Å². The van der Waals surface area contributed by atoms with Gasteiger partial charge in [-0.25, -0.2) is 4.79 Å². The Hall–Kier alpha value is 0.0900. The van der Waals surface area contributed by atoms with Crippen LogP contribution in [0.5, 0.6) is 0 Å². The fourth-order valence-corrected chi connectivity index (χ4v) is 5.03. The Morgan fingerprint density at radius 2 is 1.75 bits per heavy atom. The van der Waals surface area contributed by atoms with Gasteiger partial charge in [0.2, 0.25) is 3.79 Å². The van der Waals surface area contributed by atoms with Crippen molar-refractivity contribution in [1.82, 2.24) is 4.90 Å². The summed E-state index contributed by atoms with van der Waals surface area (Å²) in [7, 11) is -0.394. The highest BCUT2D eigenvalue weighted by molar-refractivity contribution is 7.55. The third-order valence-electron chi connectivity index (χ3n) is 2.96. The second kappa shape index (κ2) is 8.65. The van der Waals surface area contributed by atoms with Gasteiger partial charge in [-0.1, -0.05) is 58.0 Å². The Bertz CT molecular complexity index is 647. The number of hydrogen-bond acceptors (Lipinski definition) is 4. The highest BCUT2D eigenvalue weighted by Gasteiger charge is 2.52. The number of nitrogens with one attached hydrogen (secondary N) is 1. The molecule has 1 aromatic carbocycles. The summed E-state index contributed by atoms with van der Waals surface area (Å²) in [6.07, 6.45) is 0. The van der Waals surface area contributed by atoms with Crippen molar-refractivity contribution in [2.75, 3.05) is 26.6 Å². The van der Waals surface area contributed by atoms with Gasteiger partial charge in [0.25, 0.3) is 0 Å². The van der Waals surface area contributed by atoms with Gasteiger partial charge < -0.3 is 19.3 Å². The summed E-state index contributed by atoms with van der Waals surface area (Å²) in [6, 6.07) is 3.74. The van der Waals surface area contributed by atoms with Crippen LogP contribution in [0.1, 0.15) is 0 Å². The van der Waals surface area contributed by atoms with Gasteiger partial charge >= 0.3 is 13.6 Å². The van der Waals surface area contributed by atoms with E-state index in [1.807, 2.05) is 0 Å². The lowest BCUT2D eigenvalue weighted by molar-refractivity contribution is 0.197. The molecule has 0 spiro atoms. The van der Waals surface area contributed by atoms with E-state index in [9.17, 15) is 9.36 Å². The molecule has 1 aromatic rings. The average molecular weight is 458 g/mol. The lowest BCUT2D eigenvalue weighted by atomic mass is 10.3. The van der Waals surface area contributed by atoms with Crippen molar-refractivity contribution in [2.24, 2.45) is 0 Å². The van der Waals surface area contributed by atoms with E-state index in [1.54, 1.807) is 0 Å². The quantitative estimate of drug-likeness (QED) is 0.458. The summed E-state index contributed by atoms with van der Waals surface area (Å²) in [5.74, 6) is -1.49. The molecule has 1 unspecified atom stereocenters. The lowest BCUT2D eigenvalue weighted by Crippen LogP contribution is -2.47. The van der Waals surface area contributed by atoms with E-state index >= 15 is 0 Å². The van der Waals surface area contributed by atoms with E-state index in [2.05, 4.69) is 5.32 Å². The topological polar surface area (TPSA) is 67.9 Å². The Kier molecular flexibility index (Phi) is 7.98. The molecular weight excluding hydrogens is 444 g/mol. The average Bonchev–Trinajstić information content (AvgIpc) is 2.49. The first-order valence-electron chi connectivity index (χ1n) is 6.23. The molecule has 24 heavy (non-hydrogen) atoms. The summed E-state index contributed by atoms with van der Waals surface area (Å²) < 4.78 is 20.2. The summed E-state index contributed by atoms with van der Waals surface area (Å²) in [5, 5.41) is 3.09. The summed E-state index contributed by atoms with van der Waals surface area (Å²) >= 11 is 29.3. The molecule has 1 atom stereocenters. The van der Waals surface area contributed by atoms with Gasteiger partial charge in [0.05, 0.1) is 10.0 Å². The number of urea groups is 1. The van der Waals surface area contributed by atoms with Crippen LogP contribution in [0.3, 0.4) is 0 Å². The van der Waals surface area contributed by atoms with Gasteiger partial charge in [0, 0.05) is 27.0 Å². The maximum atomic E-state index is 12.6.